The van der Waals surface area contributed by atoms with Gasteiger partial charge in [-0.25, -0.2) is 9.79 Å². The molecule has 3 aromatic rings. The summed E-state index contributed by atoms with van der Waals surface area (Å²) in [5.41, 5.74) is 1.43. The molecule has 190 valence electrons. The Bertz CT molecular complexity index is 1680. The molecule has 0 radical (unpaired) electrons. The second-order valence-corrected chi connectivity index (χ2v) is 9.42. The number of nitro benzene ring substituents is 2. The highest BCUT2D eigenvalue weighted by molar-refractivity contribution is 7.07. The number of esters is 1. The van der Waals surface area contributed by atoms with Crippen molar-refractivity contribution in [1.29, 1.82) is 0 Å². The third kappa shape index (κ3) is 4.70. The molecule has 0 unspecified atom stereocenters. The molecule has 1 aromatic heterocycles. The van der Waals surface area contributed by atoms with Crippen molar-refractivity contribution in [3.05, 3.63) is 110 Å². The van der Waals surface area contributed by atoms with Crippen LogP contribution in [-0.4, -0.2) is 27.0 Å². The Morgan fingerprint density at radius 2 is 1.70 bits per heavy atom. The number of hydrogen-bond acceptors (Lipinski definition) is 9. The van der Waals surface area contributed by atoms with Crippen LogP contribution in [0, 0.1) is 34.1 Å². The van der Waals surface area contributed by atoms with E-state index in [0.717, 1.165) is 11.3 Å². The molecule has 0 saturated heterocycles. The van der Waals surface area contributed by atoms with Crippen LogP contribution < -0.4 is 14.9 Å². The summed E-state index contributed by atoms with van der Waals surface area (Å²) in [7, 11) is 0. The molecular weight excluding hydrogens is 500 g/mol. The zero-order chi connectivity index (χ0) is 27.0. The van der Waals surface area contributed by atoms with Crippen molar-refractivity contribution >= 4 is 34.8 Å². The Balaban J connectivity index is 1.98. The van der Waals surface area contributed by atoms with Gasteiger partial charge in [-0.15, -0.1) is 0 Å². The summed E-state index contributed by atoms with van der Waals surface area (Å²) in [4.78, 5) is 53.3. The van der Waals surface area contributed by atoms with Crippen molar-refractivity contribution in [2.45, 2.75) is 33.7 Å². The van der Waals surface area contributed by atoms with Crippen LogP contribution in [0.15, 0.2) is 57.5 Å². The lowest BCUT2D eigenvalue weighted by molar-refractivity contribution is -0.385. The molecule has 0 fully saturated rings. The molecule has 1 atom stereocenters. The zero-order valence-electron chi connectivity index (χ0n) is 20.4. The van der Waals surface area contributed by atoms with E-state index in [-0.39, 0.29) is 32.9 Å². The van der Waals surface area contributed by atoms with E-state index >= 15 is 0 Å². The van der Waals surface area contributed by atoms with Crippen molar-refractivity contribution in [1.82, 2.24) is 4.57 Å². The molecule has 1 aliphatic heterocycles. The van der Waals surface area contributed by atoms with Gasteiger partial charge in [-0.3, -0.25) is 29.6 Å². The Morgan fingerprint density at radius 3 is 2.32 bits per heavy atom. The normalized spacial score (nSPS) is 15.2. The van der Waals surface area contributed by atoms with E-state index in [0.29, 0.717) is 28.0 Å². The molecule has 0 N–H and O–H groups in total. The maximum Gasteiger partial charge on any atom is 0.338 e. The first-order chi connectivity index (χ1) is 17.5. The summed E-state index contributed by atoms with van der Waals surface area (Å²) >= 11 is 1.06. The number of fused-ring (bicyclic) bond motifs is 1. The molecule has 0 amide bonds. The maximum atomic E-state index is 13.6. The summed E-state index contributed by atoms with van der Waals surface area (Å²) in [6.45, 7) is 6.57. The van der Waals surface area contributed by atoms with Crippen LogP contribution in [0.25, 0.3) is 6.08 Å². The Kier molecular flexibility index (Phi) is 6.86. The van der Waals surface area contributed by atoms with Gasteiger partial charge in [0.2, 0.25) is 0 Å². The number of nitrogens with zero attached hydrogens (tertiary/aromatic N) is 4. The third-order valence-electron chi connectivity index (χ3n) is 5.99. The fourth-order valence-electron chi connectivity index (χ4n) is 4.16. The maximum absolute atomic E-state index is 13.6. The first kappa shape index (κ1) is 25.6. The second kappa shape index (κ2) is 9.90. The predicted molar refractivity (Wildman–Crippen MR) is 136 cm³/mol. The van der Waals surface area contributed by atoms with Gasteiger partial charge in [0, 0.05) is 23.3 Å². The Hall–Kier alpha value is -4.45. The summed E-state index contributed by atoms with van der Waals surface area (Å²) in [6.07, 6.45) is 1.52. The molecule has 12 heteroatoms. The number of ether oxygens (including phenoxy) is 1. The average molecular weight is 523 g/mol. The van der Waals surface area contributed by atoms with E-state index in [9.17, 15) is 29.8 Å². The van der Waals surface area contributed by atoms with Crippen molar-refractivity contribution in [2.24, 2.45) is 4.99 Å². The molecule has 0 aliphatic carbocycles. The third-order valence-corrected chi connectivity index (χ3v) is 6.97. The van der Waals surface area contributed by atoms with Crippen LogP contribution in [-0.2, 0) is 9.53 Å². The smallest absolute Gasteiger partial charge is 0.338 e. The highest BCUT2D eigenvalue weighted by Crippen LogP contribution is 2.33. The minimum atomic E-state index is -1.01. The quantitative estimate of drug-likeness (QED) is 0.274. The van der Waals surface area contributed by atoms with Gasteiger partial charge >= 0.3 is 5.97 Å². The number of benzene rings is 2. The molecular formula is C25H22N4O7S. The van der Waals surface area contributed by atoms with E-state index in [1.807, 2.05) is 0 Å². The van der Waals surface area contributed by atoms with Crippen molar-refractivity contribution < 1.29 is 19.4 Å². The fraction of sp³-hybridized carbons (Fsp3) is 0.240. The van der Waals surface area contributed by atoms with Gasteiger partial charge in [0.05, 0.1) is 38.3 Å². The first-order valence-electron chi connectivity index (χ1n) is 11.2. The van der Waals surface area contributed by atoms with Gasteiger partial charge in [0.1, 0.15) is 0 Å². The van der Waals surface area contributed by atoms with Gasteiger partial charge in [0.15, 0.2) is 4.80 Å². The number of rotatable bonds is 6. The lowest BCUT2D eigenvalue weighted by atomic mass is 9.94. The Morgan fingerprint density at radius 1 is 1.08 bits per heavy atom. The molecule has 2 heterocycles. The van der Waals surface area contributed by atoms with Crippen LogP contribution in [0.4, 0.5) is 11.4 Å². The fourth-order valence-corrected chi connectivity index (χ4v) is 5.21. The van der Waals surface area contributed by atoms with E-state index in [2.05, 4.69) is 4.99 Å². The standard InChI is InChI=1S/C25H22N4O7S/c1-5-36-24(31)21-15(4)26-25-27(22(21)17-9-7-14(3)19(12-17)29(34)35)23(30)20(37-25)11-16-8-6-13(2)18(10-16)28(32)33/h6-12,22H,5H2,1-4H3/b20-11+/t22-/m0/s1. The number of thiazole rings is 1. The SMILES string of the molecule is CCOC(=O)C1=C(C)N=c2s/c(=C/c3ccc(C)c([N+](=O)[O-])c3)c(=O)n2[C@H]1c1ccc(C)c([N+](=O)[O-])c1. The second-order valence-electron chi connectivity index (χ2n) is 8.41. The molecule has 1 aliphatic rings. The summed E-state index contributed by atoms with van der Waals surface area (Å²) in [5, 5.41) is 23.0. The number of nitro groups is 2. The number of hydrogen-bond donors (Lipinski definition) is 0. The van der Waals surface area contributed by atoms with E-state index in [4.69, 9.17) is 4.74 Å². The van der Waals surface area contributed by atoms with Crippen molar-refractivity contribution in [2.75, 3.05) is 6.61 Å². The van der Waals surface area contributed by atoms with Gasteiger partial charge in [-0.2, -0.15) is 0 Å². The largest absolute Gasteiger partial charge is 0.463 e. The monoisotopic (exact) mass is 522 g/mol. The van der Waals surface area contributed by atoms with Crippen LogP contribution in [0.1, 0.15) is 42.1 Å². The van der Waals surface area contributed by atoms with Crippen LogP contribution in [0.5, 0.6) is 0 Å². The lowest BCUT2D eigenvalue weighted by Gasteiger charge is -2.24. The molecule has 4 rings (SSSR count). The van der Waals surface area contributed by atoms with Gasteiger partial charge in [0.25, 0.3) is 16.9 Å². The highest BCUT2D eigenvalue weighted by Gasteiger charge is 2.34. The number of allylic oxidation sites excluding steroid dienone is 1. The van der Waals surface area contributed by atoms with Crippen molar-refractivity contribution in [3.63, 3.8) is 0 Å². The summed E-state index contributed by atoms with van der Waals surface area (Å²) in [5.74, 6) is -0.680. The summed E-state index contributed by atoms with van der Waals surface area (Å²) in [6, 6.07) is 8.17. The number of carbonyl (C=O) groups is 1. The van der Waals surface area contributed by atoms with Crippen molar-refractivity contribution in [3.8, 4) is 0 Å². The van der Waals surface area contributed by atoms with Gasteiger partial charge in [-0.1, -0.05) is 35.6 Å². The summed E-state index contributed by atoms with van der Waals surface area (Å²) < 4.78 is 6.78. The number of carbonyl (C=O) groups excluding carboxylic acids is 1. The van der Waals surface area contributed by atoms with E-state index in [1.54, 1.807) is 52.0 Å². The van der Waals surface area contributed by atoms with Gasteiger partial charge < -0.3 is 4.74 Å². The lowest BCUT2D eigenvalue weighted by Crippen LogP contribution is -2.40. The minimum Gasteiger partial charge on any atom is -0.463 e. The molecule has 37 heavy (non-hydrogen) atoms. The molecule has 0 spiro atoms. The molecule has 0 saturated carbocycles. The van der Waals surface area contributed by atoms with Crippen LogP contribution >= 0.6 is 11.3 Å². The number of aromatic nitrogens is 1. The first-order valence-corrected chi connectivity index (χ1v) is 12.0. The van der Waals surface area contributed by atoms with E-state index < -0.39 is 27.4 Å². The molecule has 0 bridgehead atoms. The van der Waals surface area contributed by atoms with E-state index in [1.165, 1.54) is 22.8 Å². The predicted octanol–water partition coefficient (Wildman–Crippen LogP) is 3.23. The Labute approximate surface area is 214 Å². The molecule has 11 nitrogen and oxygen atoms in total. The topological polar surface area (TPSA) is 147 Å². The minimum absolute atomic E-state index is 0.0770. The highest BCUT2D eigenvalue weighted by atomic mass is 32.1. The zero-order valence-corrected chi connectivity index (χ0v) is 21.2. The molecule has 2 aromatic carbocycles. The van der Waals surface area contributed by atoms with Gasteiger partial charge in [-0.05, 0) is 44.9 Å². The number of aryl methyl sites for hydroxylation is 2. The van der Waals surface area contributed by atoms with Crippen LogP contribution in [0.2, 0.25) is 0 Å². The van der Waals surface area contributed by atoms with Crippen LogP contribution in [0.3, 0.4) is 0 Å². The average Bonchev–Trinajstić information content (AvgIpc) is 3.13.